The number of rotatable bonds is 5. The second-order valence-electron chi connectivity index (χ2n) is 4.99. The molecule has 0 atom stereocenters. The van der Waals surface area contributed by atoms with Crippen LogP contribution in [0.3, 0.4) is 0 Å². The van der Waals surface area contributed by atoms with Gasteiger partial charge < -0.3 is 15.5 Å². The molecule has 2 rings (SSSR count). The lowest BCUT2D eigenvalue weighted by molar-refractivity contribution is -0.132. The summed E-state index contributed by atoms with van der Waals surface area (Å²) in [5.74, 6) is -1.40. The van der Waals surface area contributed by atoms with Crippen molar-refractivity contribution in [1.82, 2.24) is 4.57 Å². The summed E-state index contributed by atoms with van der Waals surface area (Å²) in [5.41, 5.74) is 5.85. The second kappa shape index (κ2) is 8.67. The number of hydrogen-bond acceptors (Lipinski definition) is 6. The van der Waals surface area contributed by atoms with E-state index in [-0.39, 0.29) is 21.4 Å². The molecule has 0 bridgehead atoms. The number of benzene rings is 1. The molecule has 1 aromatic heterocycles. The molecule has 3 N–H and O–H groups in total. The van der Waals surface area contributed by atoms with Crippen molar-refractivity contribution in [1.29, 1.82) is 5.26 Å². The van der Waals surface area contributed by atoms with Gasteiger partial charge in [-0.05, 0) is 24.6 Å². The molecule has 2 aromatic rings. The minimum absolute atomic E-state index is 0.0780. The Bertz CT molecular complexity index is 1120. The highest BCUT2D eigenvalue weighted by Gasteiger charge is 2.06. The Balaban J connectivity index is 2.56. The van der Waals surface area contributed by atoms with E-state index < -0.39 is 11.5 Å². The molecule has 1 aromatic carbocycles. The van der Waals surface area contributed by atoms with Gasteiger partial charge in [-0.2, -0.15) is 5.26 Å². The van der Waals surface area contributed by atoms with Gasteiger partial charge in [0.15, 0.2) is 5.57 Å². The summed E-state index contributed by atoms with van der Waals surface area (Å²) in [6.45, 7) is 1.97. The number of carboxylic acids is 1. The van der Waals surface area contributed by atoms with Crippen molar-refractivity contribution in [2.24, 2.45) is 0 Å². The maximum Gasteiger partial charge on any atom is 0.354 e. The van der Waals surface area contributed by atoms with Gasteiger partial charge in [0.1, 0.15) is 15.3 Å². The zero-order chi connectivity index (χ0) is 19.1. The smallest absolute Gasteiger partial charge is 0.354 e. The van der Waals surface area contributed by atoms with Gasteiger partial charge in [0, 0.05) is 18.4 Å². The van der Waals surface area contributed by atoms with E-state index in [0.717, 1.165) is 22.6 Å². The molecule has 8 heteroatoms. The van der Waals surface area contributed by atoms with Gasteiger partial charge in [0.05, 0.1) is 6.61 Å². The molecule has 1 heterocycles. The molecule has 0 amide bonds. The highest BCUT2D eigenvalue weighted by Crippen LogP contribution is 2.09. The summed E-state index contributed by atoms with van der Waals surface area (Å²) in [6.07, 6.45) is 1.46. The van der Waals surface area contributed by atoms with Gasteiger partial charge in [-0.3, -0.25) is 9.36 Å². The van der Waals surface area contributed by atoms with Crippen LogP contribution < -0.4 is 20.1 Å². The van der Waals surface area contributed by atoms with E-state index in [0.29, 0.717) is 6.54 Å². The Morgan fingerprint density at radius 1 is 1.46 bits per heavy atom. The third-order valence-corrected chi connectivity index (χ3v) is 4.32. The van der Waals surface area contributed by atoms with E-state index >= 15 is 0 Å². The summed E-state index contributed by atoms with van der Waals surface area (Å²) in [4.78, 5) is 23.3. The van der Waals surface area contributed by atoms with Gasteiger partial charge in [-0.1, -0.05) is 34.9 Å². The number of aliphatic hydroxyl groups excluding tert-OH is 1. The first-order chi connectivity index (χ1) is 12.5. The average molecular weight is 369 g/mol. The zero-order valence-corrected chi connectivity index (χ0v) is 14.6. The van der Waals surface area contributed by atoms with Crippen molar-refractivity contribution >= 4 is 34.5 Å². The van der Waals surface area contributed by atoms with Crippen molar-refractivity contribution < 1.29 is 15.0 Å². The van der Waals surface area contributed by atoms with Gasteiger partial charge in [0.25, 0.3) is 5.56 Å². The predicted molar refractivity (Wildman–Crippen MR) is 97.6 cm³/mol. The monoisotopic (exact) mass is 369 g/mol. The molecule has 0 aliphatic carbocycles. The standard InChI is InChI=1S/C18H15N3O4S/c1-2-21-16(9-13(10-19)18(24)25)26-15(17(21)23)6-7-20-14-5-3-4-12(8-14)11-22/h3-5,7-8,20,22H,2,11H2,1H3,(H,24,25). The van der Waals surface area contributed by atoms with E-state index in [1.54, 1.807) is 37.3 Å². The maximum atomic E-state index is 12.4. The molecule has 7 nitrogen and oxygen atoms in total. The first kappa shape index (κ1) is 19.0. The first-order valence-corrected chi connectivity index (χ1v) is 8.37. The lowest BCUT2D eigenvalue weighted by Gasteiger charge is -2.01. The van der Waals surface area contributed by atoms with Crippen molar-refractivity contribution in [3.63, 3.8) is 0 Å². The first-order valence-electron chi connectivity index (χ1n) is 7.55. The maximum absolute atomic E-state index is 12.4. The quantitative estimate of drug-likeness (QED) is 0.517. The number of aliphatic carboxylic acids is 1. The molecule has 0 saturated heterocycles. The molecule has 0 spiro atoms. The summed E-state index contributed by atoms with van der Waals surface area (Å²) < 4.78 is 1.82. The number of aromatic nitrogens is 1. The summed E-state index contributed by atoms with van der Waals surface area (Å²) in [7, 11) is 0. The Hall–Kier alpha value is -3.33. The molecular weight excluding hydrogens is 354 g/mol. The van der Waals surface area contributed by atoms with Crippen LogP contribution in [0, 0.1) is 11.3 Å². The van der Waals surface area contributed by atoms with Crippen LogP contribution in [0.25, 0.3) is 11.5 Å². The third kappa shape index (κ3) is 4.39. The molecule has 0 saturated carbocycles. The van der Waals surface area contributed by atoms with Crippen LogP contribution in [-0.4, -0.2) is 20.7 Å². The predicted octanol–water partition coefficient (Wildman–Crippen LogP) is 0.341. The summed E-state index contributed by atoms with van der Waals surface area (Å²) in [5, 5.41) is 29.9. The van der Waals surface area contributed by atoms with Gasteiger partial charge in [-0.25, -0.2) is 4.79 Å². The van der Waals surface area contributed by atoms with E-state index in [1.807, 2.05) is 0 Å². The third-order valence-electron chi connectivity index (χ3n) is 3.31. The van der Waals surface area contributed by atoms with Crippen LogP contribution >= 0.6 is 11.3 Å². The van der Waals surface area contributed by atoms with Crippen LogP contribution in [0.2, 0.25) is 0 Å². The fraction of sp³-hybridized carbons (Fsp3) is 0.167. The number of carboxylic acid groups (broad SMARTS) is 1. The molecule has 0 unspecified atom stereocenters. The molecule has 0 radical (unpaired) electrons. The minimum Gasteiger partial charge on any atom is -0.477 e. The van der Waals surface area contributed by atoms with Crippen LogP contribution in [0.1, 0.15) is 12.5 Å². The van der Waals surface area contributed by atoms with Gasteiger partial charge >= 0.3 is 5.97 Å². The fourth-order valence-electron chi connectivity index (χ4n) is 2.06. The van der Waals surface area contributed by atoms with E-state index in [2.05, 4.69) is 16.8 Å². The molecule has 26 heavy (non-hydrogen) atoms. The SMILES string of the molecule is CCn1c(=C=C(C#N)C(=O)O)sc(=C=CNc2cccc(CO)c2)c1=O. The van der Waals surface area contributed by atoms with Crippen molar-refractivity contribution in [3.05, 3.63) is 61.2 Å². The van der Waals surface area contributed by atoms with Crippen LogP contribution in [0.4, 0.5) is 5.69 Å². The topological polar surface area (TPSA) is 115 Å². The summed E-state index contributed by atoms with van der Waals surface area (Å²) >= 11 is 0.996. The van der Waals surface area contributed by atoms with E-state index in [9.17, 15) is 9.59 Å². The minimum atomic E-state index is -1.40. The van der Waals surface area contributed by atoms with E-state index in [1.165, 1.54) is 10.8 Å². The Morgan fingerprint density at radius 3 is 2.85 bits per heavy atom. The van der Waals surface area contributed by atoms with Crippen LogP contribution in [-0.2, 0) is 17.9 Å². The molecule has 0 aliphatic rings. The normalized spacial score (nSPS) is 9.58. The second-order valence-corrected chi connectivity index (χ2v) is 5.99. The van der Waals surface area contributed by atoms with E-state index in [4.69, 9.17) is 15.5 Å². The Morgan fingerprint density at radius 2 is 2.23 bits per heavy atom. The lowest BCUT2D eigenvalue weighted by Crippen LogP contribution is -2.30. The number of hydrogen-bond donors (Lipinski definition) is 3. The fourth-order valence-corrected chi connectivity index (χ4v) is 3.05. The number of carbonyl (C=O) groups is 1. The Labute approximate surface area is 152 Å². The number of nitrogens with one attached hydrogen (secondary N) is 1. The van der Waals surface area contributed by atoms with Crippen molar-refractivity contribution in [2.45, 2.75) is 20.1 Å². The van der Waals surface area contributed by atoms with Gasteiger partial charge in [0.2, 0.25) is 0 Å². The van der Waals surface area contributed by atoms with Gasteiger partial charge in [-0.15, -0.1) is 0 Å². The van der Waals surface area contributed by atoms with Crippen LogP contribution in [0.15, 0.2) is 40.8 Å². The number of nitrogens with zero attached hydrogens (tertiary/aromatic N) is 2. The highest BCUT2D eigenvalue weighted by molar-refractivity contribution is 7.07. The molecule has 132 valence electrons. The highest BCUT2D eigenvalue weighted by atomic mass is 32.1. The van der Waals surface area contributed by atoms with Crippen molar-refractivity contribution in [2.75, 3.05) is 5.32 Å². The number of aliphatic hydroxyl groups is 1. The van der Waals surface area contributed by atoms with Crippen LogP contribution in [0.5, 0.6) is 0 Å². The number of nitriles is 1. The lowest BCUT2D eigenvalue weighted by atomic mass is 10.2. The summed E-state index contributed by atoms with van der Waals surface area (Å²) in [6, 6.07) is 8.65. The molecule has 0 fully saturated rings. The number of thiazole rings is 1. The van der Waals surface area contributed by atoms with Crippen molar-refractivity contribution in [3.8, 4) is 6.07 Å². The largest absolute Gasteiger partial charge is 0.477 e. The number of anilines is 1. The molecular formula is C18H15N3O4S. The Kier molecular flexibility index (Phi) is 6.34. The zero-order valence-electron chi connectivity index (χ0n) is 13.8. The molecule has 0 aliphatic heterocycles. The average Bonchev–Trinajstić information content (AvgIpc) is 2.94.